The van der Waals surface area contributed by atoms with Crippen LogP contribution in [0.15, 0.2) is 42.6 Å². The molecule has 2 aromatic rings. The van der Waals surface area contributed by atoms with Crippen molar-refractivity contribution in [1.82, 2.24) is 9.47 Å². The summed E-state index contributed by atoms with van der Waals surface area (Å²) >= 11 is 0. The van der Waals surface area contributed by atoms with E-state index in [2.05, 4.69) is 11.0 Å². The highest BCUT2D eigenvalue weighted by atomic mass is 19.1. The van der Waals surface area contributed by atoms with E-state index in [0.29, 0.717) is 5.69 Å². The topological polar surface area (TPSA) is 8.17 Å². The van der Waals surface area contributed by atoms with Gasteiger partial charge in [0.2, 0.25) is 0 Å². The second-order valence-corrected chi connectivity index (χ2v) is 5.16. The van der Waals surface area contributed by atoms with Crippen LogP contribution in [0.5, 0.6) is 0 Å². The Kier molecular flexibility index (Phi) is 3.65. The third kappa shape index (κ3) is 2.71. The van der Waals surface area contributed by atoms with Gasteiger partial charge in [0.15, 0.2) is 0 Å². The van der Waals surface area contributed by atoms with Gasteiger partial charge in [0, 0.05) is 18.4 Å². The van der Waals surface area contributed by atoms with Gasteiger partial charge in [-0.05, 0) is 50.2 Å². The Hall–Kier alpha value is -1.61. The first kappa shape index (κ1) is 12.4. The van der Waals surface area contributed by atoms with Gasteiger partial charge in [0.1, 0.15) is 5.82 Å². The molecule has 1 saturated heterocycles. The molecule has 3 rings (SSSR count). The number of likely N-dealkylation sites (tertiary alicyclic amines) is 1. The standard InChI is InChI=1S/C16H19FN2/c17-15-8-2-3-9-16(15)19-12-6-7-14(19)13-18-10-4-1-5-11-18/h2-3,6-9,12H,1,4-5,10-11,13H2. The number of para-hydroxylation sites is 1. The lowest BCUT2D eigenvalue weighted by Crippen LogP contribution is -2.29. The van der Waals surface area contributed by atoms with Gasteiger partial charge in [-0.3, -0.25) is 4.90 Å². The Morgan fingerprint density at radius 2 is 1.74 bits per heavy atom. The molecule has 100 valence electrons. The van der Waals surface area contributed by atoms with E-state index in [4.69, 9.17) is 0 Å². The molecule has 3 heteroatoms. The zero-order valence-corrected chi connectivity index (χ0v) is 11.1. The minimum Gasteiger partial charge on any atom is -0.317 e. The van der Waals surface area contributed by atoms with E-state index in [1.54, 1.807) is 6.07 Å². The predicted octanol–water partition coefficient (Wildman–Crippen LogP) is 3.60. The molecule has 1 aliphatic rings. The van der Waals surface area contributed by atoms with Crippen molar-refractivity contribution < 1.29 is 4.39 Å². The molecule has 0 saturated carbocycles. The van der Waals surface area contributed by atoms with Gasteiger partial charge < -0.3 is 4.57 Å². The first-order chi connectivity index (χ1) is 9.34. The lowest BCUT2D eigenvalue weighted by Gasteiger charge is -2.26. The maximum absolute atomic E-state index is 13.9. The molecule has 0 N–H and O–H groups in total. The lowest BCUT2D eigenvalue weighted by atomic mass is 10.1. The van der Waals surface area contributed by atoms with Crippen LogP contribution in [0.4, 0.5) is 4.39 Å². The molecule has 2 heterocycles. The van der Waals surface area contributed by atoms with E-state index in [9.17, 15) is 4.39 Å². The van der Waals surface area contributed by atoms with Crippen LogP contribution in [-0.4, -0.2) is 22.6 Å². The van der Waals surface area contributed by atoms with E-state index >= 15 is 0 Å². The fraction of sp³-hybridized carbons (Fsp3) is 0.375. The van der Waals surface area contributed by atoms with Gasteiger partial charge in [0.05, 0.1) is 5.69 Å². The SMILES string of the molecule is Fc1ccccc1-n1cccc1CN1CCCCC1. The molecule has 1 fully saturated rings. The van der Waals surface area contributed by atoms with E-state index in [-0.39, 0.29) is 5.82 Å². The summed E-state index contributed by atoms with van der Waals surface area (Å²) in [6.07, 6.45) is 5.84. The van der Waals surface area contributed by atoms with Crippen LogP contribution in [0.3, 0.4) is 0 Å². The van der Waals surface area contributed by atoms with Crippen LogP contribution in [-0.2, 0) is 6.54 Å². The molecule has 2 nitrogen and oxygen atoms in total. The van der Waals surface area contributed by atoms with E-state index in [0.717, 1.165) is 25.3 Å². The predicted molar refractivity (Wildman–Crippen MR) is 74.9 cm³/mol. The molecule has 1 aromatic carbocycles. The van der Waals surface area contributed by atoms with Crippen molar-refractivity contribution >= 4 is 0 Å². The fourth-order valence-electron chi connectivity index (χ4n) is 2.77. The summed E-state index contributed by atoms with van der Waals surface area (Å²) < 4.78 is 15.8. The maximum atomic E-state index is 13.9. The van der Waals surface area contributed by atoms with Crippen molar-refractivity contribution in [2.24, 2.45) is 0 Å². The minimum absolute atomic E-state index is 0.168. The molecule has 0 atom stereocenters. The monoisotopic (exact) mass is 258 g/mol. The van der Waals surface area contributed by atoms with Crippen LogP contribution in [0.25, 0.3) is 5.69 Å². The third-order valence-electron chi connectivity index (χ3n) is 3.78. The first-order valence-electron chi connectivity index (χ1n) is 6.98. The van der Waals surface area contributed by atoms with Crippen molar-refractivity contribution in [2.45, 2.75) is 25.8 Å². The highest BCUT2D eigenvalue weighted by Gasteiger charge is 2.13. The summed E-state index contributed by atoms with van der Waals surface area (Å²) in [4.78, 5) is 2.45. The molecular weight excluding hydrogens is 239 g/mol. The van der Waals surface area contributed by atoms with Crippen LogP contribution in [0.1, 0.15) is 25.0 Å². The fourth-order valence-corrected chi connectivity index (χ4v) is 2.77. The largest absolute Gasteiger partial charge is 0.317 e. The normalized spacial score (nSPS) is 16.7. The van der Waals surface area contributed by atoms with E-state index < -0.39 is 0 Å². The first-order valence-corrected chi connectivity index (χ1v) is 6.98. The summed E-state index contributed by atoms with van der Waals surface area (Å²) in [6, 6.07) is 11.0. The molecule has 1 aliphatic heterocycles. The van der Waals surface area contributed by atoms with Crippen LogP contribution < -0.4 is 0 Å². The Morgan fingerprint density at radius 1 is 0.947 bits per heavy atom. The highest BCUT2D eigenvalue weighted by Crippen LogP contribution is 2.19. The van der Waals surface area contributed by atoms with Gasteiger partial charge in [-0.1, -0.05) is 18.6 Å². The van der Waals surface area contributed by atoms with Crippen LogP contribution >= 0.6 is 0 Å². The summed E-state index contributed by atoms with van der Waals surface area (Å²) in [5.41, 5.74) is 1.80. The molecule has 19 heavy (non-hydrogen) atoms. The average Bonchev–Trinajstić information content (AvgIpc) is 2.88. The van der Waals surface area contributed by atoms with Crippen molar-refractivity contribution in [3.63, 3.8) is 0 Å². The van der Waals surface area contributed by atoms with Gasteiger partial charge in [-0.2, -0.15) is 0 Å². The summed E-state index contributed by atoms with van der Waals surface area (Å²) in [7, 11) is 0. The Labute approximate surface area is 113 Å². The Balaban J connectivity index is 1.84. The zero-order valence-electron chi connectivity index (χ0n) is 11.1. The van der Waals surface area contributed by atoms with Gasteiger partial charge in [0.25, 0.3) is 0 Å². The Morgan fingerprint density at radius 3 is 2.53 bits per heavy atom. The van der Waals surface area contributed by atoms with Crippen molar-refractivity contribution in [2.75, 3.05) is 13.1 Å². The van der Waals surface area contributed by atoms with Crippen molar-refractivity contribution in [3.8, 4) is 5.69 Å². The molecule has 0 spiro atoms. The number of aromatic nitrogens is 1. The number of hydrogen-bond acceptors (Lipinski definition) is 1. The summed E-state index contributed by atoms with van der Waals surface area (Å²) in [5, 5.41) is 0. The quantitative estimate of drug-likeness (QED) is 0.816. The number of hydrogen-bond donors (Lipinski definition) is 0. The number of rotatable bonds is 3. The molecule has 0 amide bonds. The minimum atomic E-state index is -0.168. The maximum Gasteiger partial charge on any atom is 0.147 e. The number of nitrogens with zero attached hydrogens (tertiary/aromatic N) is 2. The Bertz CT molecular complexity index is 541. The molecule has 0 unspecified atom stereocenters. The molecule has 0 radical (unpaired) electrons. The molecule has 0 aliphatic carbocycles. The molecule has 1 aromatic heterocycles. The van der Waals surface area contributed by atoms with E-state index in [1.807, 2.05) is 29.0 Å². The molecule has 0 bridgehead atoms. The molecular formula is C16H19FN2. The number of halogens is 1. The lowest BCUT2D eigenvalue weighted by molar-refractivity contribution is 0.217. The van der Waals surface area contributed by atoms with Gasteiger partial charge in [-0.25, -0.2) is 4.39 Å². The second kappa shape index (κ2) is 5.57. The number of benzene rings is 1. The van der Waals surface area contributed by atoms with E-state index in [1.165, 1.54) is 25.3 Å². The average molecular weight is 258 g/mol. The van der Waals surface area contributed by atoms with Gasteiger partial charge >= 0.3 is 0 Å². The summed E-state index contributed by atoms with van der Waals surface area (Å²) in [5.74, 6) is -0.168. The number of piperidine rings is 1. The van der Waals surface area contributed by atoms with Gasteiger partial charge in [-0.15, -0.1) is 0 Å². The van der Waals surface area contributed by atoms with Crippen molar-refractivity contribution in [1.29, 1.82) is 0 Å². The van der Waals surface area contributed by atoms with Crippen LogP contribution in [0, 0.1) is 5.82 Å². The van der Waals surface area contributed by atoms with Crippen molar-refractivity contribution in [3.05, 3.63) is 54.1 Å². The third-order valence-corrected chi connectivity index (χ3v) is 3.78. The smallest absolute Gasteiger partial charge is 0.147 e. The summed E-state index contributed by atoms with van der Waals surface area (Å²) in [6.45, 7) is 3.21. The zero-order chi connectivity index (χ0) is 13.1. The highest BCUT2D eigenvalue weighted by molar-refractivity contribution is 5.36. The van der Waals surface area contributed by atoms with Crippen LogP contribution in [0.2, 0.25) is 0 Å². The second-order valence-electron chi connectivity index (χ2n) is 5.16.